The molecule has 4 nitrogen and oxygen atoms in total. The number of aliphatic imine (C=N–C) groups is 1. The highest BCUT2D eigenvalue weighted by Gasteiger charge is 2.17. The molecule has 0 atom stereocenters. The zero-order valence-corrected chi connectivity index (χ0v) is 15.7. The molecule has 0 aliphatic carbocycles. The van der Waals surface area contributed by atoms with Gasteiger partial charge in [-0.15, -0.1) is 11.3 Å². The van der Waals surface area contributed by atoms with Crippen LogP contribution in [0.2, 0.25) is 0 Å². The van der Waals surface area contributed by atoms with Gasteiger partial charge in [0.25, 0.3) is 0 Å². The van der Waals surface area contributed by atoms with Crippen LogP contribution in [0.4, 0.5) is 0 Å². The van der Waals surface area contributed by atoms with E-state index in [0.29, 0.717) is 0 Å². The zero-order valence-electron chi connectivity index (χ0n) is 14.1. The Bertz CT molecular complexity index is 922. The Kier molecular flexibility index (Phi) is 4.90. The smallest absolute Gasteiger partial charge is 0.177 e. The summed E-state index contributed by atoms with van der Waals surface area (Å²) in [6, 6.07) is 10.7. The quantitative estimate of drug-likeness (QED) is 0.700. The van der Waals surface area contributed by atoms with Gasteiger partial charge in [0, 0.05) is 46.3 Å². The van der Waals surface area contributed by atoms with E-state index in [1.807, 2.05) is 0 Å². The van der Waals surface area contributed by atoms with Gasteiger partial charge < -0.3 is 4.98 Å². The van der Waals surface area contributed by atoms with Gasteiger partial charge in [0.15, 0.2) is 5.17 Å². The molecule has 3 heterocycles. The lowest BCUT2D eigenvalue weighted by Crippen LogP contribution is -2.25. The fourth-order valence-corrected chi connectivity index (χ4v) is 4.49. The molecule has 0 saturated carbocycles. The lowest BCUT2D eigenvalue weighted by Gasteiger charge is -2.14. The number of nitrogens with zero attached hydrogens (tertiary/aromatic N) is 2. The summed E-state index contributed by atoms with van der Waals surface area (Å²) >= 11 is 3.51. The predicted molar refractivity (Wildman–Crippen MR) is 110 cm³/mol. The molecule has 0 radical (unpaired) electrons. The molecule has 0 amide bonds. The lowest BCUT2D eigenvalue weighted by molar-refractivity contribution is 0.954. The van der Waals surface area contributed by atoms with Crippen LogP contribution in [-0.2, 0) is 12.8 Å². The third-order valence-corrected chi connectivity index (χ3v) is 6.17. The maximum Gasteiger partial charge on any atom is 0.177 e. The summed E-state index contributed by atoms with van der Waals surface area (Å²) in [4.78, 5) is 9.42. The van der Waals surface area contributed by atoms with E-state index in [1.54, 1.807) is 23.1 Å². The minimum Gasteiger partial charge on any atom is -0.360 e. The van der Waals surface area contributed by atoms with Crippen LogP contribution in [0.25, 0.3) is 10.9 Å². The van der Waals surface area contributed by atoms with Crippen LogP contribution >= 0.6 is 23.1 Å². The number of aromatic nitrogens is 1. The van der Waals surface area contributed by atoms with E-state index in [1.165, 1.54) is 26.9 Å². The van der Waals surface area contributed by atoms with Gasteiger partial charge in [-0.1, -0.05) is 43.0 Å². The molecule has 25 heavy (non-hydrogen) atoms. The Morgan fingerprint density at radius 1 is 1.24 bits per heavy atom. The van der Waals surface area contributed by atoms with E-state index in [4.69, 9.17) is 0 Å². The van der Waals surface area contributed by atoms with Gasteiger partial charge in [0.1, 0.15) is 0 Å². The molecule has 2 aromatic heterocycles. The van der Waals surface area contributed by atoms with Gasteiger partial charge in [-0.2, -0.15) is 5.10 Å². The van der Waals surface area contributed by atoms with Crippen molar-refractivity contribution < 1.29 is 0 Å². The number of nitrogens with one attached hydrogen (secondary N) is 2. The standard InChI is InChI=1S/C19H20N4S2/c1-2-13-5-3-7-15-16(11-21-18(13)15)17-12-25-19(23-22-17)20-9-8-14-6-4-10-24-14/h3-7,10-11,21H,2,8-9,12H2,1H3,(H,20,23). The maximum atomic E-state index is 4.62. The summed E-state index contributed by atoms with van der Waals surface area (Å²) in [6.45, 7) is 2.98. The average molecular weight is 369 g/mol. The molecule has 3 aromatic rings. The maximum absolute atomic E-state index is 4.62. The highest BCUT2D eigenvalue weighted by Crippen LogP contribution is 2.25. The Hall–Kier alpha value is -2.05. The number of aryl methyl sites for hydroxylation is 1. The minimum atomic E-state index is 0.799. The van der Waals surface area contributed by atoms with E-state index in [2.05, 4.69) is 69.3 Å². The molecule has 1 aliphatic rings. The van der Waals surface area contributed by atoms with Crippen LogP contribution in [0.15, 0.2) is 52.0 Å². The topological polar surface area (TPSA) is 52.5 Å². The fourth-order valence-electron chi connectivity index (χ4n) is 3.01. The second kappa shape index (κ2) is 7.45. The number of fused-ring (bicyclic) bond motifs is 1. The molecule has 4 rings (SSSR count). The predicted octanol–water partition coefficient (Wildman–Crippen LogP) is 4.43. The van der Waals surface area contributed by atoms with Crippen LogP contribution in [-0.4, -0.2) is 28.2 Å². The first-order chi connectivity index (χ1) is 12.3. The van der Waals surface area contributed by atoms with E-state index < -0.39 is 0 Å². The number of para-hydroxylation sites is 1. The number of thiophene rings is 1. The monoisotopic (exact) mass is 368 g/mol. The summed E-state index contributed by atoms with van der Waals surface area (Å²) in [5.74, 6) is 0.841. The number of H-pyrrole nitrogens is 1. The molecule has 1 aromatic carbocycles. The van der Waals surface area contributed by atoms with E-state index in [9.17, 15) is 0 Å². The van der Waals surface area contributed by atoms with Crippen molar-refractivity contribution in [3.63, 3.8) is 0 Å². The number of aromatic amines is 1. The minimum absolute atomic E-state index is 0.799. The van der Waals surface area contributed by atoms with Crippen molar-refractivity contribution in [3.05, 3.63) is 57.9 Å². The van der Waals surface area contributed by atoms with Crippen molar-refractivity contribution in [2.24, 2.45) is 10.1 Å². The highest BCUT2D eigenvalue weighted by atomic mass is 32.2. The van der Waals surface area contributed by atoms with Crippen molar-refractivity contribution in [3.8, 4) is 0 Å². The molecular weight excluding hydrogens is 348 g/mol. The first-order valence-corrected chi connectivity index (χ1v) is 10.3. The molecule has 0 bridgehead atoms. The highest BCUT2D eigenvalue weighted by molar-refractivity contribution is 8.14. The van der Waals surface area contributed by atoms with Crippen LogP contribution < -0.4 is 5.43 Å². The van der Waals surface area contributed by atoms with Crippen LogP contribution in [0, 0.1) is 0 Å². The molecule has 2 N–H and O–H groups in total. The Morgan fingerprint density at radius 3 is 2.96 bits per heavy atom. The summed E-state index contributed by atoms with van der Waals surface area (Å²) in [5.41, 5.74) is 7.94. The van der Waals surface area contributed by atoms with E-state index in [0.717, 1.165) is 36.0 Å². The number of thioether (sulfide) groups is 1. The number of amidine groups is 1. The first-order valence-electron chi connectivity index (χ1n) is 8.46. The summed E-state index contributed by atoms with van der Waals surface area (Å²) < 4.78 is 0. The molecule has 0 saturated heterocycles. The summed E-state index contributed by atoms with van der Waals surface area (Å²) in [6.07, 6.45) is 4.09. The second-order valence-corrected chi connectivity index (χ2v) is 7.87. The number of hydrogen-bond donors (Lipinski definition) is 2. The van der Waals surface area contributed by atoms with Gasteiger partial charge in [0.05, 0.1) is 5.71 Å². The van der Waals surface area contributed by atoms with Gasteiger partial charge in [-0.3, -0.25) is 10.4 Å². The third kappa shape index (κ3) is 3.50. The van der Waals surface area contributed by atoms with E-state index >= 15 is 0 Å². The molecule has 0 fully saturated rings. The molecule has 0 unspecified atom stereocenters. The van der Waals surface area contributed by atoms with Gasteiger partial charge in [-0.05, 0) is 23.4 Å². The zero-order chi connectivity index (χ0) is 17.1. The van der Waals surface area contributed by atoms with E-state index in [-0.39, 0.29) is 0 Å². The van der Waals surface area contributed by atoms with Gasteiger partial charge in [0.2, 0.25) is 0 Å². The SMILES string of the molecule is CCc1cccc2c(C3=NNC(=NCCc4cccs4)SC3)c[nH]c12. The fraction of sp³-hybridized carbons (Fsp3) is 0.263. The number of hydrazone groups is 1. The largest absolute Gasteiger partial charge is 0.360 e. The molecule has 6 heteroatoms. The van der Waals surface area contributed by atoms with Crippen LogP contribution in [0.5, 0.6) is 0 Å². The van der Waals surface area contributed by atoms with Crippen LogP contribution in [0.3, 0.4) is 0 Å². The number of rotatable bonds is 5. The normalized spacial score (nSPS) is 16.2. The third-order valence-electron chi connectivity index (χ3n) is 4.32. The Morgan fingerprint density at radius 2 is 2.20 bits per heavy atom. The Labute approximate surface area is 155 Å². The van der Waals surface area contributed by atoms with Crippen LogP contribution in [0.1, 0.15) is 22.9 Å². The van der Waals surface area contributed by atoms with Crippen molar-refractivity contribution >= 4 is 44.9 Å². The molecule has 128 valence electrons. The Balaban J connectivity index is 1.47. The van der Waals surface area contributed by atoms with Crippen molar-refractivity contribution in [1.82, 2.24) is 10.4 Å². The molecule has 0 spiro atoms. The lowest BCUT2D eigenvalue weighted by atomic mass is 10.1. The van der Waals surface area contributed by atoms with Gasteiger partial charge in [-0.25, -0.2) is 0 Å². The number of hydrogen-bond acceptors (Lipinski definition) is 4. The summed E-state index contributed by atoms with van der Waals surface area (Å²) in [7, 11) is 0. The second-order valence-electron chi connectivity index (χ2n) is 5.87. The van der Waals surface area contributed by atoms with Gasteiger partial charge >= 0.3 is 0 Å². The van der Waals surface area contributed by atoms with Crippen molar-refractivity contribution in [2.75, 3.05) is 12.3 Å². The number of benzene rings is 1. The average Bonchev–Trinajstić information content (AvgIpc) is 3.32. The van der Waals surface area contributed by atoms with Crippen molar-refractivity contribution in [1.29, 1.82) is 0 Å². The first kappa shape index (κ1) is 16.4. The van der Waals surface area contributed by atoms with Crippen molar-refractivity contribution in [2.45, 2.75) is 19.8 Å². The summed E-state index contributed by atoms with van der Waals surface area (Å²) in [5, 5.41) is 8.84. The molecular formula is C19H20N4S2. The molecule has 1 aliphatic heterocycles.